The maximum Gasteiger partial charge on any atom is 0.251 e. The normalized spacial score (nSPS) is 12.4. The van der Waals surface area contributed by atoms with Crippen LogP contribution in [-0.4, -0.2) is 15.7 Å². The Kier molecular flexibility index (Phi) is 4.39. The molecular formula is C14H17N3OS. The van der Waals surface area contributed by atoms with E-state index in [0.717, 1.165) is 5.56 Å². The van der Waals surface area contributed by atoms with Crippen molar-refractivity contribution >= 4 is 11.8 Å². The molecule has 0 aliphatic heterocycles. The summed E-state index contributed by atoms with van der Waals surface area (Å²) < 4.78 is 0. The van der Waals surface area contributed by atoms with Gasteiger partial charge in [-0.1, -0.05) is 30.0 Å². The van der Waals surface area contributed by atoms with E-state index in [1.807, 2.05) is 0 Å². The number of hydrogen-bond donors (Lipinski definition) is 2. The monoisotopic (exact) mass is 275 g/mol. The highest BCUT2D eigenvalue weighted by Gasteiger charge is 2.08. The van der Waals surface area contributed by atoms with Crippen LogP contribution in [0, 0.1) is 13.8 Å². The Balaban J connectivity index is 2.03. The third kappa shape index (κ3) is 3.68. The van der Waals surface area contributed by atoms with E-state index >= 15 is 0 Å². The van der Waals surface area contributed by atoms with Crippen LogP contribution in [-0.2, 0) is 0 Å². The van der Waals surface area contributed by atoms with E-state index in [1.165, 1.54) is 35.2 Å². The number of aryl methyl sites for hydroxylation is 2. The van der Waals surface area contributed by atoms with Crippen LogP contribution in [0.1, 0.15) is 22.7 Å². The molecule has 0 bridgehead atoms. The van der Waals surface area contributed by atoms with Gasteiger partial charge in [0.25, 0.3) is 5.56 Å². The summed E-state index contributed by atoms with van der Waals surface area (Å²) in [5.74, 6) is 0.676. The van der Waals surface area contributed by atoms with Gasteiger partial charge in [-0.2, -0.15) is 0 Å². The molecule has 100 valence electrons. The summed E-state index contributed by atoms with van der Waals surface area (Å²) in [5, 5.41) is 0.604. The second kappa shape index (κ2) is 6.04. The van der Waals surface area contributed by atoms with Crippen LogP contribution >= 0.6 is 11.8 Å². The molecule has 19 heavy (non-hydrogen) atoms. The molecule has 4 nitrogen and oxygen atoms in total. The molecule has 0 aliphatic rings. The summed E-state index contributed by atoms with van der Waals surface area (Å²) in [7, 11) is 0. The van der Waals surface area contributed by atoms with Crippen molar-refractivity contribution in [1.82, 2.24) is 9.97 Å². The lowest BCUT2D eigenvalue weighted by Crippen LogP contribution is -2.14. The van der Waals surface area contributed by atoms with Crippen LogP contribution in [0.25, 0.3) is 0 Å². The first-order chi connectivity index (χ1) is 9.06. The molecule has 1 unspecified atom stereocenters. The summed E-state index contributed by atoms with van der Waals surface area (Å²) in [4.78, 5) is 17.9. The Morgan fingerprint density at radius 3 is 2.79 bits per heavy atom. The molecule has 0 fully saturated rings. The first-order valence-corrected chi connectivity index (χ1v) is 7.05. The number of H-pyrrole nitrogens is 1. The Labute approximate surface area is 116 Å². The third-order valence-corrected chi connectivity index (χ3v) is 4.01. The largest absolute Gasteiger partial charge is 0.323 e. The predicted octanol–water partition coefficient (Wildman–Crippen LogP) is 2.18. The van der Waals surface area contributed by atoms with Crippen LogP contribution in [0.5, 0.6) is 0 Å². The number of aromatic amines is 1. The first kappa shape index (κ1) is 13.8. The summed E-state index contributed by atoms with van der Waals surface area (Å²) >= 11 is 1.46. The second-order valence-electron chi connectivity index (χ2n) is 4.50. The van der Waals surface area contributed by atoms with Crippen molar-refractivity contribution in [2.75, 3.05) is 5.75 Å². The van der Waals surface area contributed by atoms with Gasteiger partial charge in [-0.25, -0.2) is 4.98 Å². The van der Waals surface area contributed by atoms with Crippen molar-refractivity contribution in [3.63, 3.8) is 0 Å². The number of nitrogens with one attached hydrogen (secondary N) is 1. The van der Waals surface area contributed by atoms with Crippen LogP contribution in [0.2, 0.25) is 0 Å². The van der Waals surface area contributed by atoms with Gasteiger partial charge in [-0.3, -0.25) is 4.79 Å². The molecule has 0 spiro atoms. The maximum absolute atomic E-state index is 11.1. The maximum atomic E-state index is 11.1. The number of hydrogen-bond acceptors (Lipinski definition) is 4. The molecular weight excluding hydrogens is 258 g/mol. The smallest absolute Gasteiger partial charge is 0.251 e. The summed E-state index contributed by atoms with van der Waals surface area (Å²) in [6, 6.07) is 7.57. The number of benzene rings is 1. The van der Waals surface area contributed by atoms with Crippen molar-refractivity contribution in [2.45, 2.75) is 25.0 Å². The average molecular weight is 275 g/mol. The van der Waals surface area contributed by atoms with Crippen molar-refractivity contribution in [1.29, 1.82) is 0 Å². The van der Waals surface area contributed by atoms with Gasteiger partial charge in [-0.05, 0) is 30.5 Å². The molecule has 0 saturated carbocycles. The molecule has 1 aromatic heterocycles. The Morgan fingerprint density at radius 1 is 1.32 bits per heavy atom. The van der Waals surface area contributed by atoms with Crippen LogP contribution in [0.4, 0.5) is 0 Å². The fourth-order valence-corrected chi connectivity index (χ4v) is 2.52. The third-order valence-electron chi connectivity index (χ3n) is 3.01. The van der Waals surface area contributed by atoms with Crippen molar-refractivity contribution in [3.8, 4) is 0 Å². The van der Waals surface area contributed by atoms with Gasteiger partial charge >= 0.3 is 0 Å². The highest BCUT2D eigenvalue weighted by atomic mass is 32.2. The lowest BCUT2D eigenvalue weighted by Gasteiger charge is -2.13. The van der Waals surface area contributed by atoms with E-state index in [9.17, 15) is 4.79 Å². The molecule has 0 aliphatic carbocycles. The minimum atomic E-state index is -0.141. The number of thioether (sulfide) groups is 1. The molecule has 2 rings (SSSR count). The number of rotatable bonds is 4. The topological polar surface area (TPSA) is 71.8 Å². The van der Waals surface area contributed by atoms with Crippen LogP contribution in [0.15, 0.2) is 40.4 Å². The molecule has 3 N–H and O–H groups in total. The number of aromatic nitrogens is 2. The molecule has 0 saturated heterocycles. The van der Waals surface area contributed by atoms with Gasteiger partial charge in [0.2, 0.25) is 0 Å². The summed E-state index contributed by atoms with van der Waals surface area (Å²) in [6.45, 7) is 4.16. The van der Waals surface area contributed by atoms with Gasteiger partial charge in [-0.15, -0.1) is 0 Å². The summed E-state index contributed by atoms with van der Waals surface area (Å²) in [5.41, 5.74) is 9.62. The zero-order valence-electron chi connectivity index (χ0n) is 11.0. The van der Waals surface area contributed by atoms with Gasteiger partial charge in [0.05, 0.1) is 0 Å². The SMILES string of the molecule is Cc1ccc(C(N)CSc2nccc(=O)[nH]2)cc1C. The molecule has 1 heterocycles. The Hall–Kier alpha value is -1.59. The first-order valence-electron chi connectivity index (χ1n) is 6.07. The standard InChI is InChI=1S/C14H17N3OS/c1-9-3-4-11(7-10(9)2)12(15)8-19-14-16-6-5-13(18)17-14/h3-7,12H,8,15H2,1-2H3,(H,16,17,18). The Bertz CT molecular complexity index is 624. The van der Waals surface area contributed by atoms with Crippen molar-refractivity contribution < 1.29 is 0 Å². The van der Waals surface area contributed by atoms with E-state index in [1.54, 1.807) is 0 Å². The Morgan fingerprint density at radius 2 is 2.11 bits per heavy atom. The average Bonchev–Trinajstić information content (AvgIpc) is 2.39. The van der Waals surface area contributed by atoms with Gasteiger partial charge in [0.15, 0.2) is 5.16 Å². The zero-order chi connectivity index (χ0) is 13.8. The number of nitrogens with zero attached hydrogens (tertiary/aromatic N) is 1. The van der Waals surface area contributed by atoms with Crippen molar-refractivity contribution in [3.05, 3.63) is 57.5 Å². The molecule has 0 radical (unpaired) electrons. The van der Waals surface area contributed by atoms with E-state index in [2.05, 4.69) is 42.0 Å². The molecule has 2 aromatic rings. The van der Waals surface area contributed by atoms with E-state index in [0.29, 0.717) is 10.9 Å². The fraction of sp³-hybridized carbons (Fsp3) is 0.286. The predicted molar refractivity (Wildman–Crippen MR) is 78.4 cm³/mol. The zero-order valence-corrected chi connectivity index (χ0v) is 11.8. The fourth-order valence-electron chi connectivity index (χ4n) is 1.69. The van der Waals surface area contributed by atoms with E-state index < -0.39 is 0 Å². The van der Waals surface area contributed by atoms with Gasteiger partial charge < -0.3 is 10.7 Å². The van der Waals surface area contributed by atoms with Crippen LogP contribution < -0.4 is 11.3 Å². The quantitative estimate of drug-likeness (QED) is 0.662. The summed E-state index contributed by atoms with van der Waals surface area (Å²) in [6.07, 6.45) is 1.50. The molecule has 5 heteroatoms. The van der Waals surface area contributed by atoms with E-state index in [4.69, 9.17) is 5.73 Å². The lowest BCUT2D eigenvalue weighted by molar-refractivity contribution is 0.823. The molecule has 0 amide bonds. The lowest BCUT2D eigenvalue weighted by atomic mass is 10.0. The number of nitrogens with two attached hydrogens (primary N) is 1. The van der Waals surface area contributed by atoms with E-state index in [-0.39, 0.29) is 11.6 Å². The molecule has 1 atom stereocenters. The minimum absolute atomic E-state index is 0.0743. The minimum Gasteiger partial charge on any atom is -0.323 e. The van der Waals surface area contributed by atoms with Gasteiger partial charge in [0, 0.05) is 24.1 Å². The van der Waals surface area contributed by atoms with Crippen LogP contribution in [0.3, 0.4) is 0 Å². The highest BCUT2D eigenvalue weighted by molar-refractivity contribution is 7.99. The van der Waals surface area contributed by atoms with Crippen molar-refractivity contribution in [2.24, 2.45) is 5.73 Å². The second-order valence-corrected chi connectivity index (χ2v) is 5.51. The van der Waals surface area contributed by atoms with Gasteiger partial charge in [0.1, 0.15) is 0 Å². The molecule has 1 aromatic carbocycles. The highest BCUT2D eigenvalue weighted by Crippen LogP contribution is 2.21.